The van der Waals surface area contributed by atoms with E-state index >= 15 is 0 Å². The van der Waals surface area contributed by atoms with Gasteiger partial charge in [-0.25, -0.2) is 0 Å². The fourth-order valence-electron chi connectivity index (χ4n) is 4.62. The molecule has 0 bridgehead atoms. The van der Waals surface area contributed by atoms with Crippen LogP contribution in [0.1, 0.15) is 28.1 Å². The maximum Gasteiger partial charge on any atom is 0.267 e. The molecule has 5 rings (SSSR count). The summed E-state index contributed by atoms with van der Waals surface area (Å²) in [6.45, 7) is 2.36. The third-order valence-electron chi connectivity index (χ3n) is 7.08. The van der Waals surface area contributed by atoms with E-state index < -0.39 is 11.4 Å². The molecule has 4 aromatic rings. The lowest BCUT2D eigenvalue weighted by molar-refractivity contribution is -0.124. The van der Waals surface area contributed by atoms with E-state index in [9.17, 15) is 14.7 Å². The number of rotatable bonds is 7. The Balaban J connectivity index is 0.000000530. The number of hydrogen-bond donors (Lipinski definition) is 3. The smallest absolute Gasteiger partial charge is 0.267 e. The molecule has 1 aliphatic rings. The lowest BCUT2D eigenvalue weighted by Crippen LogP contribution is -2.58. The van der Waals surface area contributed by atoms with Gasteiger partial charge in [-0.05, 0) is 49.6 Å². The highest BCUT2D eigenvalue weighted by atomic mass is 35.5. The van der Waals surface area contributed by atoms with Crippen molar-refractivity contribution in [3.8, 4) is 27.3 Å². The van der Waals surface area contributed by atoms with E-state index in [1.807, 2.05) is 30.3 Å². The van der Waals surface area contributed by atoms with Crippen molar-refractivity contribution in [1.82, 2.24) is 4.90 Å². The molecular formula is C32H32Cl3N3O4S. The van der Waals surface area contributed by atoms with E-state index in [-0.39, 0.29) is 45.1 Å². The van der Waals surface area contributed by atoms with Crippen LogP contribution in [0.2, 0.25) is 15.1 Å². The Labute approximate surface area is 269 Å². The second-order valence-corrected chi connectivity index (χ2v) is 12.4. The summed E-state index contributed by atoms with van der Waals surface area (Å²) < 4.78 is 5.97. The van der Waals surface area contributed by atoms with Gasteiger partial charge in [0.15, 0.2) is 5.75 Å². The molecule has 5 N–H and O–H groups in total. The molecule has 0 unspecified atom stereocenters. The standard InChI is InChI=1S/C25H24Cl3N3O4S.C7H8/c26-15-3-1-14(2-4-15)19-20(35-12-11-32)22(36-21(19)17-6-5-16(27)13-18(17)28)23(33)31-9-7-25(30,8-10-31)24(29)34;1-7-5-3-2-4-6-7/h1-6,13,32H,7-12,30H2,(H2,29,34);2-6H,1H3. The minimum Gasteiger partial charge on any atom is -0.489 e. The number of likely N-dealkylation sites (tertiary alicyclic amines) is 1. The summed E-state index contributed by atoms with van der Waals surface area (Å²) in [6.07, 6.45) is 0.512. The number of aliphatic hydroxyl groups excluding tert-OH is 1. The molecule has 0 saturated carbocycles. The van der Waals surface area contributed by atoms with Crippen molar-refractivity contribution in [1.29, 1.82) is 0 Å². The van der Waals surface area contributed by atoms with E-state index in [4.69, 9.17) is 51.0 Å². The number of halogens is 3. The van der Waals surface area contributed by atoms with Crippen LogP contribution in [0.3, 0.4) is 0 Å². The van der Waals surface area contributed by atoms with Gasteiger partial charge in [0.1, 0.15) is 11.5 Å². The van der Waals surface area contributed by atoms with Gasteiger partial charge >= 0.3 is 0 Å². The zero-order valence-electron chi connectivity index (χ0n) is 23.5. The van der Waals surface area contributed by atoms with Gasteiger partial charge in [0.05, 0.1) is 17.2 Å². The largest absolute Gasteiger partial charge is 0.489 e. The van der Waals surface area contributed by atoms with Crippen molar-refractivity contribution in [2.45, 2.75) is 25.3 Å². The Morgan fingerprint density at radius 3 is 2.14 bits per heavy atom. The Bertz CT molecular complexity index is 1570. The summed E-state index contributed by atoms with van der Waals surface area (Å²) in [5.41, 5.74) is 13.9. The Morgan fingerprint density at radius 2 is 1.60 bits per heavy atom. The van der Waals surface area contributed by atoms with Crippen molar-refractivity contribution >= 4 is 58.0 Å². The van der Waals surface area contributed by atoms with Crippen LogP contribution < -0.4 is 16.2 Å². The number of nitrogens with two attached hydrogens (primary N) is 2. The Morgan fingerprint density at radius 1 is 0.977 bits per heavy atom. The van der Waals surface area contributed by atoms with Crippen molar-refractivity contribution in [3.63, 3.8) is 0 Å². The number of thiophene rings is 1. The lowest BCUT2D eigenvalue weighted by atomic mass is 9.88. The molecule has 3 aromatic carbocycles. The summed E-state index contributed by atoms with van der Waals surface area (Å²) >= 11 is 20.1. The highest BCUT2D eigenvalue weighted by Crippen LogP contribution is 2.50. The van der Waals surface area contributed by atoms with Gasteiger partial charge < -0.3 is 26.2 Å². The second kappa shape index (κ2) is 14.6. The van der Waals surface area contributed by atoms with Crippen LogP contribution >= 0.6 is 46.1 Å². The normalized spacial score (nSPS) is 14.0. The topological polar surface area (TPSA) is 119 Å². The highest BCUT2D eigenvalue weighted by molar-refractivity contribution is 7.18. The van der Waals surface area contributed by atoms with Crippen LogP contribution in [-0.4, -0.2) is 53.7 Å². The summed E-state index contributed by atoms with van der Waals surface area (Å²) in [7, 11) is 0. The van der Waals surface area contributed by atoms with E-state index in [1.54, 1.807) is 35.2 Å². The molecule has 2 heterocycles. The molecule has 43 heavy (non-hydrogen) atoms. The number of carbonyl (C=O) groups excluding carboxylic acids is 2. The van der Waals surface area contributed by atoms with Crippen LogP contribution in [0.5, 0.6) is 5.75 Å². The van der Waals surface area contributed by atoms with Crippen molar-refractivity contribution in [2.24, 2.45) is 11.5 Å². The molecule has 1 fully saturated rings. The summed E-state index contributed by atoms with van der Waals surface area (Å²) in [6, 6.07) is 22.5. The number of primary amides is 1. The number of hydrogen-bond acceptors (Lipinski definition) is 6. The first-order chi connectivity index (χ1) is 20.5. The van der Waals surface area contributed by atoms with Gasteiger partial charge in [0.2, 0.25) is 5.91 Å². The first-order valence-electron chi connectivity index (χ1n) is 13.6. The molecule has 0 atom stereocenters. The molecule has 2 amide bonds. The molecule has 0 spiro atoms. The number of nitrogens with zero attached hydrogens (tertiary/aromatic N) is 1. The maximum absolute atomic E-state index is 13.7. The number of aliphatic hydroxyl groups is 1. The molecule has 0 aliphatic carbocycles. The molecule has 0 radical (unpaired) electrons. The first kappa shape index (κ1) is 32.8. The van der Waals surface area contributed by atoms with E-state index in [1.165, 1.54) is 16.9 Å². The summed E-state index contributed by atoms with van der Waals surface area (Å²) in [5, 5.41) is 10.9. The Kier molecular flexibility index (Phi) is 11.1. The quantitative estimate of drug-likeness (QED) is 0.201. The molecule has 1 aliphatic heterocycles. The minimum absolute atomic E-state index is 0.0149. The van der Waals surface area contributed by atoms with E-state index in [0.717, 1.165) is 5.56 Å². The molecule has 1 saturated heterocycles. The van der Waals surface area contributed by atoms with Crippen LogP contribution in [0.25, 0.3) is 21.6 Å². The van der Waals surface area contributed by atoms with Crippen LogP contribution in [-0.2, 0) is 4.79 Å². The third kappa shape index (κ3) is 7.89. The molecule has 1 aromatic heterocycles. The van der Waals surface area contributed by atoms with Crippen LogP contribution in [0.15, 0.2) is 72.8 Å². The zero-order chi connectivity index (χ0) is 31.1. The minimum atomic E-state index is -1.14. The fourth-order valence-corrected chi connectivity index (χ4v) is 6.58. The summed E-state index contributed by atoms with van der Waals surface area (Å²) in [4.78, 5) is 28.2. The SMILES string of the molecule is Cc1ccccc1.NC(=O)C1(N)CCN(C(=O)c2sc(-c3ccc(Cl)cc3Cl)c(-c3ccc(Cl)cc3)c2OCCO)CC1. The first-order valence-corrected chi connectivity index (χ1v) is 15.5. The summed E-state index contributed by atoms with van der Waals surface area (Å²) in [5.74, 6) is -0.518. The number of amides is 2. The number of aryl methyl sites for hydroxylation is 1. The Hall–Kier alpha value is -3.11. The van der Waals surface area contributed by atoms with Gasteiger partial charge in [-0.3, -0.25) is 9.59 Å². The predicted molar refractivity (Wildman–Crippen MR) is 175 cm³/mol. The zero-order valence-corrected chi connectivity index (χ0v) is 26.6. The second-order valence-electron chi connectivity index (χ2n) is 10.1. The van der Waals surface area contributed by atoms with E-state index in [0.29, 0.717) is 41.7 Å². The van der Waals surface area contributed by atoms with Gasteiger partial charge in [-0.1, -0.05) is 88.9 Å². The van der Waals surface area contributed by atoms with Gasteiger partial charge in [-0.2, -0.15) is 0 Å². The monoisotopic (exact) mass is 659 g/mol. The van der Waals surface area contributed by atoms with E-state index in [2.05, 4.69) is 19.1 Å². The highest BCUT2D eigenvalue weighted by Gasteiger charge is 2.39. The molecule has 7 nitrogen and oxygen atoms in total. The molecular weight excluding hydrogens is 629 g/mol. The van der Waals surface area contributed by atoms with Crippen molar-refractivity contribution in [2.75, 3.05) is 26.3 Å². The number of carbonyl (C=O) groups is 2. The lowest BCUT2D eigenvalue weighted by Gasteiger charge is -2.36. The number of piperidine rings is 1. The predicted octanol–water partition coefficient (Wildman–Crippen LogP) is 6.83. The maximum atomic E-state index is 13.7. The number of ether oxygens (including phenoxy) is 1. The van der Waals surface area contributed by atoms with Gasteiger partial charge in [-0.15, -0.1) is 11.3 Å². The van der Waals surface area contributed by atoms with Gasteiger partial charge in [0, 0.05) is 39.1 Å². The van der Waals surface area contributed by atoms with Gasteiger partial charge in [0.25, 0.3) is 5.91 Å². The average molecular weight is 661 g/mol. The van der Waals surface area contributed by atoms with Crippen molar-refractivity contribution < 1.29 is 19.4 Å². The molecule has 11 heteroatoms. The van der Waals surface area contributed by atoms with Crippen LogP contribution in [0.4, 0.5) is 0 Å². The average Bonchev–Trinajstić information content (AvgIpc) is 3.36. The van der Waals surface area contributed by atoms with Crippen molar-refractivity contribution in [3.05, 3.63) is 98.3 Å². The number of benzene rings is 3. The fraction of sp³-hybridized carbons (Fsp3) is 0.250. The van der Waals surface area contributed by atoms with Crippen LogP contribution in [0, 0.1) is 6.92 Å². The third-order valence-corrected chi connectivity index (χ3v) is 9.07. The molecule has 226 valence electrons.